The normalized spacial score (nSPS) is 10.3. The Morgan fingerprint density at radius 2 is 2.36 bits per heavy atom. The van der Waals surface area contributed by atoms with Gasteiger partial charge in [-0.05, 0) is 24.6 Å². The highest BCUT2D eigenvalue weighted by Gasteiger charge is 2.02. The zero-order chi connectivity index (χ0) is 9.97. The molecule has 0 spiro atoms. The van der Waals surface area contributed by atoms with Crippen molar-refractivity contribution in [2.24, 2.45) is 0 Å². The van der Waals surface area contributed by atoms with Gasteiger partial charge in [-0.3, -0.25) is 0 Å². The van der Waals surface area contributed by atoms with Crippen molar-refractivity contribution in [3.05, 3.63) is 28.2 Å². The summed E-state index contributed by atoms with van der Waals surface area (Å²) in [6.07, 6.45) is 1.36. The first kappa shape index (κ1) is 9.45. The summed E-state index contributed by atoms with van der Waals surface area (Å²) in [5.74, 6) is 0. The molecule has 0 unspecified atom stereocenters. The van der Waals surface area contributed by atoms with E-state index in [1.54, 1.807) is 17.4 Å². The van der Waals surface area contributed by atoms with Gasteiger partial charge in [0.15, 0.2) is 0 Å². The lowest BCUT2D eigenvalue weighted by Crippen LogP contribution is -1.75. The predicted octanol–water partition coefficient (Wildman–Crippen LogP) is 3.41. The van der Waals surface area contributed by atoms with Crippen molar-refractivity contribution in [2.45, 2.75) is 12.8 Å². The first-order chi connectivity index (χ1) is 6.79. The van der Waals surface area contributed by atoms with Crippen LogP contribution in [-0.2, 0) is 6.42 Å². The second-order valence-electron chi connectivity index (χ2n) is 2.89. The molecule has 0 bridgehead atoms. The van der Waals surface area contributed by atoms with Crippen LogP contribution in [0.15, 0.2) is 18.2 Å². The summed E-state index contributed by atoms with van der Waals surface area (Å²) in [5, 5.41) is 8.98. The zero-order valence-electron chi connectivity index (χ0n) is 7.33. The second-order valence-corrected chi connectivity index (χ2v) is 4.44. The van der Waals surface area contributed by atoms with Crippen LogP contribution in [-0.4, -0.2) is 4.98 Å². The van der Waals surface area contributed by atoms with Gasteiger partial charge in [0.2, 0.25) is 0 Å². The third-order valence-corrected chi connectivity index (χ3v) is 3.23. The summed E-state index contributed by atoms with van der Waals surface area (Å²) in [5.41, 5.74) is 0.926. The topological polar surface area (TPSA) is 36.7 Å². The minimum Gasteiger partial charge on any atom is -0.235 e. The highest BCUT2D eigenvalue weighted by Crippen LogP contribution is 2.26. The Balaban J connectivity index is 2.37. The number of halogens is 1. The minimum absolute atomic E-state index is 0.516. The Hall–Kier alpha value is -1.11. The fourth-order valence-corrected chi connectivity index (χ4v) is 2.41. The van der Waals surface area contributed by atoms with Crippen LogP contribution < -0.4 is 0 Å². The van der Waals surface area contributed by atoms with Gasteiger partial charge < -0.3 is 0 Å². The summed E-state index contributed by atoms with van der Waals surface area (Å²) in [7, 11) is 0. The first-order valence-corrected chi connectivity index (χ1v) is 5.41. The maximum atomic E-state index is 8.46. The van der Waals surface area contributed by atoms with Gasteiger partial charge >= 0.3 is 0 Å². The number of nitriles is 1. The lowest BCUT2D eigenvalue weighted by Gasteiger charge is -1.87. The van der Waals surface area contributed by atoms with E-state index < -0.39 is 0 Å². The maximum absolute atomic E-state index is 8.46. The number of hydrogen-bond acceptors (Lipinski definition) is 3. The predicted molar refractivity (Wildman–Crippen MR) is 58.6 cm³/mol. The van der Waals surface area contributed by atoms with E-state index in [1.807, 2.05) is 12.1 Å². The van der Waals surface area contributed by atoms with E-state index in [9.17, 15) is 0 Å². The van der Waals surface area contributed by atoms with Gasteiger partial charge in [-0.25, -0.2) is 4.98 Å². The molecule has 0 fully saturated rings. The number of rotatable bonds is 2. The smallest absolute Gasteiger partial charge is 0.129 e. The number of fused-ring (bicyclic) bond motifs is 1. The molecular weight excluding hydrogens is 216 g/mol. The van der Waals surface area contributed by atoms with Crippen LogP contribution in [0.25, 0.3) is 10.2 Å². The van der Waals surface area contributed by atoms with Crippen LogP contribution in [0.1, 0.15) is 11.3 Å². The van der Waals surface area contributed by atoms with Gasteiger partial charge in [0.25, 0.3) is 0 Å². The van der Waals surface area contributed by atoms with Gasteiger partial charge in [-0.1, -0.05) is 11.6 Å². The largest absolute Gasteiger partial charge is 0.235 e. The molecule has 0 aromatic carbocycles. The van der Waals surface area contributed by atoms with Crippen molar-refractivity contribution in [2.75, 3.05) is 0 Å². The number of pyridine rings is 1. The molecule has 0 N–H and O–H groups in total. The Labute approximate surface area is 90.8 Å². The lowest BCUT2D eigenvalue weighted by molar-refractivity contribution is 1.04. The molecular formula is C10H7ClN2S. The van der Waals surface area contributed by atoms with E-state index in [2.05, 4.69) is 11.1 Å². The van der Waals surface area contributed by atoms with Crippen molar-refractivity contribution < 1.29 is 0 Å². The number of hydrogen-bond donors (Lipinski definition) is 0. The van der Waals surface area contributed by atoms with Crippen molar-refractivity contribution in [1.82, 2.24) is 4.98 Å². The van der Waals surface area contributed by atoms with Crippen LogP contribution in [0, 0.1) is 11.3 Å². The molecule has 2 aromatic rings. The molecule has 2 nitrogen and oxygen atoms in total. The number of thiophene rings is 1. The molecule has 0 aliphatic heterocycles. The van der Waals surface area contributed by atoms with Crippen LogP contribution in [0.4, 0.5) is 0 Å². The molecule has 0 amide bonds. The Morgan fingerprint density at radius 3 is 3.14 bits per heavy atom. The quantitative estimate of drug-likeness (QED) is 0.731. The molecule has 2 rings (SSSR count). The van der Waals surface area contributed by atoms with Crippen LogP contribution in [0.3, 0.4) is 0 Å². The van der Waals surface area contributed by atoms with E-state index in [4.69, 9.17) is 16.9 Å². The third kappa shape index (κ3) is 1.87. The SMILES string of the molecule is N#CCCc1cc2nc(Cl)ccc2s1. The molecule has 0 atom stereocenters. The Kier molecular flexibility index (Phi) is 2.67. The molecule has 4 heteroatoms. The average molecular weight is 223 g/mol. The molecule has 70 valence electrons. The monoisotopic (exact) mass is 222 g/mol. The van der Waals surface area contributed by atoms with Gasteiger partial charge in [-0.15, -0.1) is 11.3 Å². The van der Waals surface area contributed by atoms with Crippen molar-refractivity contribution >= 4 is 33.2 Å². The molecule has 2 heterocycles. The molecule has 2 aromatic heterocycles. The van der Waals surface area contributed by atoms with Crippen molar-refractivity contribution in [3.63, 3.8) is 0 Å². The van der Waals surface area contributed by atoms with E-state index in [0.29, 0.717) is 11.6 Å². The minimum atomic E-state index is 0.516. The molecule has 0 radical (unpaired) electrons. The molecule has 0 saturated carbocycles. The van der Waals surface area contributed by atoms with E-state index in [-0.39, 0.29) is 0 Å². The van der Waals surface area contributed by atoms with E-state index in [1.165, 1.54) is 4.88 Å². The van der Waals surface area contributed by atoms with Gasteiger partial charge in [-0.2, -0.15) is 5.26 Å². The Bertz CT molecular complexity index is 498. The van der Waals surface area contributed by atoms with Gasteiger partial charge in [0.05, 0.1) is 16.3 Å². The van der Waals surface area contributed by atoms with Gasteiger partial charge in [0, 0.05) is 11.3 Å². The maximum Gasteiger partial charge on any atom is 0.129 e. The lowest BCUT2D eigenvalue weighted by atomic mass is 10.3. The van der Waals surface area contributed by atoms with E-state index in [0.717, 1.165) is 16.6 Å². The highest BCUT2D eigenvalue weighted by atomic mass is 35.5. The number of aromatic nitrogens is 1. The van der Waals surface area contributed by atoms with Crippen molar-refractivity contribution in [3.8, 4) is 6.07 Å². The van der Waals surface area contributed by atoms with E-state index >= 15 is 0 Å². The second kappa shape index (κ2) is 3.95. The third-order valence-electron chi connectivity index (χ3n) is 1.87. The molecule has 0 aliphatic carbocycles. The fraction of sp³-hybridized carbons (Fsp3) is 0.200. The summed E-state index contributed by atoms with van der Waals surface area (Å²) in [6.45, 7) is 0. The number of nitrogens with zero attached hydrogens (tertiary/aromatic N) is 2. The fourth-order valence-electron chi connectivity index (χ4n) is 1.25. The Morgan fingerprint density at radius 1 is 1.50 bits per heavy atom. The summed E-state index contributed by atoms with van der Waals surface area (Å²) < 4.78 is 1.13. The molecule has 14 heavy (non-hydrogen) atoms. The summed E-state index contributed by atoms with van der Waals surface area (Å²) in [4.78, 5) is 5.39. The average Bonchev–Trinajstić information content (AvgIpc) is 2.56. The molecule has 0 aliphatic rings. The summed E-state index contributed by atoms with van der Waals surface area (Å²) >= 11 is 7.45. The standard InChI is InChI=1S/C10H7ClN2S/c11-10-4-3-9-8(13-10)6-7(14-9)2-1-5-12/h3-4,6H,1-2H2. The zero-order valence-corrected chi connectivity index (χ0v) is 8.90. The molecule has 0 saturated heterocycles. The van der Waals surface area contributed by atoms with Gasteiger partial charge in [0.1, 0.15) is 5.15 Å². The first-order valence-electron chi connectivity index (χ1n) is 4.21. The van der Waals surface area contributed by atoms with Crippen LogP contribution in [0.2, 0.25) is 5.15 Å². The summed E-state index contributed by atoms with van der Waals surface area (Å²) in [6, 6.07) is 7.88. The van der Waals surface area contributed by atoms with Crippen LogP contribution >= 0.6 is 22.9 Å². The van der Waals surface area contributed by atoms with Crippen molar-refractivity contribution in [1.29, 1.82) is 5.26 Å². The highest BCUT2D eigenvalue weighted by molar-refractivity contribution is 7.19. The number of aryl methyl sites for hydroxylation is 1. The van der Waals surface area contributed by atoms with Crippen LogP contribution in [0.5, 0.6) is 0 Å².